The van der Waals surface area contributed by atoms with Gasteiger partial charge in [-0.05, 0) is 75.8 Å². The molecular weight excluding hydrogens is 436 g/mol. The summed E-state index contributed by atoms with van der Waals surface area (Å²) in [6.07, 6.45) is 2.36. The van der Waals surface area contributed by atoms with Gasteiger partial charge in [0, 0.05) is 6.54 Å². The van der Waals surface area contributed by atoms with Gasteiger partial charge in [-0.15, -0.1) is 0 Å². The van der Waals surface area contributed by atoms with Crippen LogP contribution in [0.1, 0.15) is 57.7 Å². The van der Waals surface area contributed by atoms with Gasteiger partial charge >= 0.3 is 17.9 Å². The van der Waals surface area contributed by atoms with Crippen LogP contribution in [-0.2, 0) is 14.3 Å². The van der Waals surface area contributed by atoms with Crippen LogP contribution in [0.2, 0.25) is 0 Å². The van der Waals surface area contributed by atoms with Crippen molar-refractivity contribution >= 4 is 29.4 Å². The molecular formula is C25H32N4O5. The summed E-state index contributed by atoms with van der Waals surface area (Å²) in [5.41, 5.74) is 1.09. The maximum atomic E-state index is 13.1. The Hall–Kier alpha value is -3.62. The monoisotopic (exact) mass is 468 g/mol. The molecule has 0 radical (unpaired) electrons. The average molecular weight is 469 g/mol. The molecule has 2 atom stereocenters. The molecule has 1 aliphatic heterocycles. The lowest BCUT2D eigenvalue weighted by Gasteiger charge is -2.38. The molecule has 1 aliphatic rings. The molecule has 3 N–H and O–H groups in total. The third-order valence-electron chi connectivity index (χ3n) is 5.48. The van der Waals surface area contributed by atoms with Gasteiger partial charge in [-0.2, -0.15) is 0 Å². The number of anilines is 2. The van der Waals surface area contributed by atoms with E-state index in [9.17, 15) is 19.5 Å². The van der Waals surface area contributed by atoms with E-state index < -0.39 is 23.5 Å². The van der Waals surface area contributed by atoms with Crippen molar-refractivity contribution in [1.29, 1.82) is 0 Å². The number of aryl methyl sites for hydroxylation is 1. The van der Waals surface area contributed by atoms with Crippen LogP contribution in [0.25, 0.3) is 0 Å². The Labute approximate surface area is 199 Å². The zero-order valence-electron chi connectivity index (χ0n) is 20.2. The molecule has 2 heterocycles. The number of phenolic OH excluding ortho intramolecular Hbond substituents is 1. The lowest BCUT2D eigenvalue weighted by atomic mass is 9.89. The summed E-state index contributed by atoms with van der Waals surface area (Å²) in [6, 6.07) is 8.11. The molecule has 2 aromatic rings. The Morgan fingerprint density at radius 1 is 1.15 bits per heavy atom. The molecule has 3 amide bonds. The van der Waals surface area contributed by atoms with E-state index in [1.54, 1.807) is 56.9 Å². The molecule has 2 unspecified atom stereocenters. The molecule has 9 nitrogen and oxygen atoms in total. The van der Waals surface area contributed by atoms with E-state index in [1.807, 2.05) is 13.0 Å². The van der Waals surface area contributed by atoms with E-state index in [-0.39, 0.29) is 17.7 Å². The third kappa shape index (κ3) is 6.46. The lowest BCUT2D eigenvalue weighted by molar-refractivity contribution is -0.146. The summed E-state index contributed by atoms with van der Waals surface area (Å²) in [5.74, 6) is -0.740. The Balaban J connectivity index is 1.70. The largest absolute Gasteiger partial charge is 0.508 e. The quantitative estimate of drug-likeness (QED) is 0.575. The minimum Gasteiger partial charge on any atom is -0.508 e. The molecule has 182 valence electrons. The summed E-state index contributed by atoms with van der Waals surface area (Å²) in [4.78, 5) is 43.7. The standard InChI is InChI=1S/C25H32N4O5/c1-15-9-10-20(17-7-6-8-19(30)12-17)29(14-15)23(32)22(31)27-18-11-16(2)21(26-13-18)28-24(33)34-25(3,4)5/h6-8,11-13,15,20,30H,9-10,14H2,1-5H3,(H,27,31)(H,26,28,33). The highest BCUT2D eigenvalue weighted by atomic mass is 16.6. The van der Waals surface area contributed by atoms with Crippen molar-refractivity contribution < 1.29 is 24.2 Å². The number of hydrogen-bond donors (Lipinski definition) is 3. The molecule has 3 rings (SSSR count). The molecule has 1 fully saturated rings. The van der Waals surface area contributed by atoms with Gasteiger partial charge in [0.25, 0.3) is 0 Å². The minimum atomic E-state index is -0.770. The minimum absolute atomic E-state index is 0.120. The second-order valence-corrected chi connectivity index (χ2v) is 9.72. The highest BCUT2D eigenvalue weighted by Gasteiger charge is 2.34. The van der Waals surface area contributed by atoms with E-state index in [1.165, 1.54) is 6.20 Å². The van der Waals surface area contributed by atoms with Crippen LogP contribution in [0.15, 0.2) is 36.5 Å². The molecule has 0 aliphatic carbocycles. The number of aromatic nitrogens is 1. The maximum Gasteiger partial charge on any atom is 0.413 e. The molecule has 0 spiro atoms. The van der Waals surface area contributed by atoms with Crippen LogP contribution >= 0.6 is 0 Å². The highest BCUT2D eigenvalue weighted by molar-refractivity contribution is 6.39. The summed E-state index contributed by atoms with van der Waals surface area (Å²) in [7, 11) is 0. The molecule has 0 bridgehead atoms. The first-order valence-electron chi connectivity index (χ1n) is 11.3. The summed E-state index contributed by atoms with van der Waals surface area (Å²) < 4.78 is 5.23. The van der Waals surface area contributed by atoms with Gasteiger partial charge in [0.15, 0.2) is 0 Å². The van der Waals surface area contributed by atoms with Gasteiger partial charge in [0.05, 0.1) is 17.9 Å². The van der Waals surface area contributed by atoms with Gasteiger partial charge in [-0.1, -0.05) is 19.1 Å². The smallest absolute Gasteiger partial charge is 0.413 e. The fourth-order valence-corrected chi connectivity index (χ4v) is 3.94. The van der Waals surface area contributed by atoms with Crippen molar-refractivity contribution in [2.75, 3.05) is 17.2 Å². The number of piperidine rings is 1. The number of nitrogens with one attached hydrogen (secondary N) is 2. The van der Waals surface area contributed by atoms with Crippen LogP contribution in [0, 0.1) is 12.8 Å². The number of amides is 3. The number of phenols is 1. The predicted molar refractivity (Wildman–Crippen MR) is 128 cm³/mol. The fraction of sp³-hybridized carbons (Fsp3) is 0.440. The maximum absolute atomic E-state index is 13.1. The number of rotatable bonds is 3. The lowest BCUT2D eigenvalue weighted by Crippen LogP contribution is -2.46. The van der Waals surface area contributed by atoms with Gasteiger partial charge in [0.2, 0.25) is 0 Å². The first-order chi connectivity index (χ1) is 15.9. The number of aromatic hydroxyl groups is 1. The Kier molecular flexibility index (Phi) is 7.44. The second-order valence-electron chi connectivity index (χ2n) is 9.72. The van der Waals surface area contributed by atoms with Crippen molar-refractivity contribution in [3.63, 3.8) is 0 Å². The molecule has 9 heteroatoms. The van der Waals surface area contributed by atoms with Crippen molar-refractivity contribution in [3.8, 4) is 5.75 Å². The molecule has 1 aromatic carbocycles. The zero-order valence-corrected chi connectivity index (χ0v) is 20.2. The Morgan fingerprint density at radius 3 is 2.53 bits per heavy atom. The van der Waals surface area contributed by atoms with E-state index in [0.29, 0.717) is 30.0 Å². The predicted octanol–water partition coefficient (Wildman–Crippen LogP) is 4.38. The summed E-state index contributed by atoms with van der Waals surface area (Å²) >= 11 is 0. The fourth-order valence-electron chi connectivity index (χ4n) is 3.94. The van der Waals surface area contributed by atoms with Crippen molar-refractivity contribution in [3.05, 3.63) is 47.7 Å². The second kappa shape index (κ2) is 10.1. The number of carbonyl (C=O) groups excluding carboxylic acids is 3. The van der Waals surface area contributed by atoms with Gasteiger partial charge < -0.3 is 20.1 Å². The summed E-state index contributed by atoms with van der Waals surface area (Å²) in [5, 5.41) is 15.0. The van der Waals surface area contributed by atoms with Crippen molar-refractivity contribution in [2.45, 2.75) is 59.1 Å². The van der Waals surface area contributed by atoms with E-state index in [0.717, 1.165) is 12.0 Å². The average Bonchev–Trinajstić information content (AvgIpc) is 2.73. The SMILES string of the molecule is Cc1cc(NC(=O)C(=O)N2CC(C)CCC2c2cccc(O)c2)cnc1NC(=O)OC(C)(C)C. The van der Waals surface area contributed by atoms with Crippen molar-refractivity contribution in [2.24, 2.45) is 5.92 Å². The van der Waals surface area contributed by atoms with Crippen LogP contribution < -0.4 is 10.6 Å². The van der Waals surface area contributed by atoms with Crippen LogP contribution in [0.5, 0.6) is 5.75 Å². The molecule has 1 aromatic heterocycles. The van der Waals surface area contributed by atoms with Gasteiger partial charge in [0.1, 0.15) is 17.2 Å². The Bertz CT molecular complexity index is 1080. The topological polar surface area (TPSA) is 121 Å². The summed E-state index contributed by atoms with van der Waals surface area (Å²) in [6.45, 7) is 9.49. The van der Waals surface area contributed by atoms with Gasteiger partial charge in [-0.3, -0.25) is 14.9 Å². The normalized spacial score (nSPS) is 18.2. The zero-order chi connectivity index (χ0) is 25.0. The van der Waals surface area contributed by atoms with E-state index in [4.69, 9.17) is 4.74 Å². The first kappa shape index (κ1) is 25.0. The molecule has 34 heavy (non-hydrogen) atoms. The number of nitrogens with zero attached hydrogens (tertiary/aromatic N) is 2. The van der Waals surface area contributed by atoms with Crippen molar-refractivity contribution in [1.82, 2.24) is 9.88 Å². The Morgan fingerprint density at radius 2 is 1.88 bits per heavy atom. The number of pyridine rings is 1. The number of hydrogen-bond acceptors (Lipinski definition) is 6. The number of carbonyl (C=O) groups is 3. The number of ether oxygens (including phenoxy) is 1. The molecule has 0 saturated carbocycles. The third-order valence-corrected chi connectivity index (χ3v) is 5.48. The first-order valence-corrected chi connectivity index (χ1v) is 11.3. The molecule has 1 saturated heterocycles. The number of benzene rings is 1. The van der Waals surface area contributed by atoms with Crippen LogP contribution in [0.4, 0.5) is 16.3 Å². The van der Waals surface area contributed by atoms with E-state index in [2.05, 4.69) is 15.6 Å². The highest BCUT2D eigenvalue weighted by Crippen LogP contribution is 2.34. The number of likely N-dealkylation sites (tertiary alicyclic amines) is 1. The van der Waals surface area contributed by atoms with Crippen LogP contribution in [0.3, 0.4) is 0 Å². The van der Waals surface area contributed by atoms with E-state index >= 15 is 0 Å². The van der Waals surface area contributed by atoms with Crippen LogP contribution in [-0.4, -0.2) is 45.0 Å². The van der Waals surface area contributed by atoms with Gasteiger partial charge in [-0.25, -0.2) is 9.78 Å².